The van der Waals surface area contributed by atoms with Gasteiger partial charge in [0.25, 0.3) is 5.56 Å². The molecule has 2 rings (SSSR count). The van der Waals surface area contributed by atoms with Crippen molar-refractivity contribution in [1.29, 1.82) is 0 Å². The maximum absolute atomic E-state index is 12.4. The topological polar surface area (TPSA) is 72.2 Å². The summed E-state index contributed by atoms with van der Waals surface area (Å²) in [6, 6.07) is 0.382. The minimum Gasteiger partial charge on any atom is -0.349 e. The number of nitrogens with zero attached hydrogens (tertiary/aromatic N) is 4. The first-order valence-corrected chi connectivity index (χ1v) is 7.52. The molecular weight excluding hydrogens is 270 g/mol. The molecule has 0 aromatic carbocycles. The van der Waals surface area contributed by atoms with Crippen LogP contribution in [0.1, 0.15) is 26.7 Å². The van der Waals surface area contributed by atoms with Gasteiger partial charge in [-0.3, -0.25) is 9.36 Å². The van der Waals surface area contributed by atoms with Crippen molar-refractivity contribution < 1.29 is 0 Å². The van der Waals surface area contributed by atoms with E-state index in [0.29, 0.717) is 17.8 Å². The zero-order chi connectivity index (χ0) is 15.6. The van der Waals surface area contributed by atoms with E-state index in [1.165, 1.54) is 18.2 Å². The Bertz CT molecular complexity index is 598. The molecule has 118 valence electrons. The first-order chi connectivity index (χ1) is 9.90. The molecule has 0 bridgehead atoms. The van der Waals surface area contributed by atoms with Crippen LogP contribution in [0.5, 0.6) is 0 Å². The van der Waals surface area contributed by atoms with E-state index in [1.54, 1.807) is 7.05 Å². The molecular formula is C14H25N5O2. The quantitative estimate of drug-likeness (QED) is 0.807. The zero-order valence-corrected chi connectivity index (χ0v) is 13.3. The Hall–Kier alpha value is -1.63. The van der Waals surface area contributed by atoms with Crippen LogP contribution in [-0.4, -0.2) is 40.0 Å². The fourth-order valence-electron chi connectivity index (χ4n) is 2.75. The van der Waals surface area contributed by atoms with Gasteiger partial charge in [-0.2, -0.15) is 0 Å². The summed E-state index contributed by atoms with van der Waals surface area (Å²) in [5, 5.41) is 7.64. The van der Waals surface area contributed by atoms with Gasteiger partial charge in [-0.15, -0.1) is 5.10 Å². The van der Waals surface area contributed by atoms with Gasteiger partial charge in [-0.05, 0) is 25.3 Å². The third kappa shape index (κ3) is 3.53. The van der Waals surface area contributed by atoms with Crippen molar-refractivity contribution in [2.24, 2.45) is 20.0 Å². The fraction of sp³-hybridized carbons (Fsp3) is 0.786. The van der Waals surface area contributed by atoms with Gasteiger partial charge in [0.15, 0.2) is 0 Å². The Morgan fingerprint density at radius 1 is 1.38 bits per heavy atom. The van der Waals surface area contributed by atoms with Crippen LogP contribution in [0.2, 0.25) is 0 Å². The molecule has 0 aliphatic carbocycles. The van der Waals surface area contributed by atoms with Gasteiger partial charge in [-0.25, -0.2) is 9.48 Å². The third-order valence-electron chi connectivity index (χ3n) is 3.79. The molecule has 1 fully saturated rings. The lowest BCUT2D eigenvalue weighted by Crippen LogP contribution is -2.47. The van der Waals surface area contributed by atoms with Crippen molar-refractivity contribution in [2.75, 3.05) is 24.5 Å². The largest absolute Gasteiger partial charge is 0.349 e. The number of anilines is 1. The lowest BCUT2D eigenvalue weighted by molar-refractivity contribution is 0.518. The molecule has 1 aliphatic heterocycles. The Balaban J connectivity index is 2.35. The highest BCUT2D eigenvalue weighted by Crippen LogP contribution is 2.12. The number of rotatable bonds is 5. The molecule has 0 radical (unpaired) electrons. The second-order valence-corrected chi connectivity index (χ2v) is 6.19. The van der Waals surface area contributed by atoms with Crippen molar-refractivity contribution in [3.8, 4) is 0 Å². The highest BCUT2D eigenvalue weighted by molar-refractivity contribution is 5.35. The minimum atomic E-state index is -0.396. The molecule has 1 atom stereocenters. The predicted octanol–water partition coefficient (Wildman–Crippen LogP) is -0.307. The summed E-state index contributed by atoms with van der Waals surface area (Å²) in [7, 11) is 3.07. The Morgan fingerprint density at radius 3 is 2.67 bits per heavy atom. The van der Waals surface area contributed by atoms with Crippen LogP contribution in [0.3, 0.4) is 0 Å². The van der Waals surface area contributed by atoms with Crippen LogP contribution in [0.25, 0.3) is 0 Å². The molecule has 0 saturated carbocycles. The van der Waals surface area contributed by atoms with Gasteiger partial charge >= 0.3 is 5.69 Å². The lowest BCUT2D eigenvalue weighted by atomic mass is 10.1. The van der Waals surface area contributed by atoms with Crippen LogP contribution in [0.15, 0.2) is 9.59 Å². The van der Waals surface area contributed by atoms with Gasteiger partial charge < -0.3 is 10.2 Å². The summed E-state index contributed by atoms with van der Waals surface area (Å²) in [4.78, 5) is 26.1. The normalized spacial score (nSPS) is 18.4. The highest BCUT2D eigenvalue weighted by atomic mass is 16.2. The van der Waals surface area contributed by atoms with Crippen LogP contribution < -0.4 is 21.5 Å². The molecule has 0 amide bonds. The highest BCUT2D eigenvalue weighted by Gasteiger charge is 2.22. The van der Waals surface area contributed by atoms with E-state index in [-0.39, 0.29) is 5.56 Å². The summed E-state index contributed by atoms with van der Waals surface area (Å²) in [6.07, 6.45) is 2.28. The molecule has 1 aromatic heterocycles. The summed E-state index contributed by atoms with van der Waals surface area (Å²) in [5.74, 6) is 0.775. The second kappa shape index (κ2) is 6.43. The molecule has 7 nitrogen and oxygen atoms in total. The van der Waals surface area contributed by atoms with Crippen molar-refractivity contribution >= 4 is 5.82 Å². The van der Waals surface area contributed by atoms with Gasteiger partial charge in [0.05, 0.1) is 0 Å². The predicted molar refractivity (Wildman–Crippen MR) is 82.8 cm³/mol. The van der Waals surface area contributed by atoms with Crippen LogP contribution >= 0.6 is 0 Å². The fourth-order valence-corrected chi connectivity index (χ4v) is 2.75. The van der Waals surface area contributed by atoms with Crippen molar-refractivity contribution in [2.45, 2.75) is 32.7 Å². The van der Waals surface area contributed by atoms with Gasteiger partial charge in [0, 0.05) is 33.2 Å². The van der Waals surface area contributed by atoms with E-state index < -0.39 is 5.69 Å². The monoisotopic (exact) mass is 295 g/mol. The smallest absolute Gasteiger partial charge is 0.346 e. The Kier molecular flexibility index (Phi) is 4.82. The van der Waals surface area contributed by atoms with Gasteiger partial charge in [-0.1, -0.05) is 13.8 Å². The molecule has 7 heteroatoms. The maximum atomic E-state index is 12.4. The maximum Gasteiger partial charge on any atom is 0.346 e. The average molecular weight is 295 g/mol. The van der Waals surface area contributed by atoms with E-state index in [9.17, 15) is 9.59 Å². The van der Waals surface area contributed by atoms with Crippen molar-refractivity contribution in [3.63, 3.8) is 0 Å². The van der Waals surface area contributed by atoms with Crippen LogP contribution in [-0.2, 0) is 14.1 Å². The zero-order valence-electron chi connectivity index (χ0n) is 13.3. The Labute approximate surface area is 124 Å². The van der Waals surface area contributed by atoms with Crippen molar-refractivity contribution in [3.05, 3.63) is 20.8 Å². The van der Waals surface area contributed by atoms with Crippen LogP contribution in [0.4, 0.5) is 5.82 Å². The number of hydrogen-bond donors (Lipinski definition) is 1. The van der Waals surface area contributed by atoms with Gasteiger partial charge in [0.2, 0.25) is 5.82 Å². The second-order valence-electron chi connectivity index (χ2n) is 6.19. The number of aromatic nitrogens is 3. The lowest BCUT2D eigenvalue weighted by Gasteiger charge is -2.28. The molecule has 1 N–H and O–H groups in total. The van der Waals surface area contributed by atoms with E-state index in [0.717, 1.165) is 30.6 Å². The SMILES string of the molecule is CC(C)CN(CC1CCCN1)c1nn(C)c(=O)n(C)c1=O. The molecule has 1 unspecified atom stereocenters. The molecule has 2 heterocycles. The number of nitrogens with one attached hydrogen (secondary N) is 1. The minimum absolute atomic E-state index is 0.322. The number of aryl methyl sites for hydroxylation is 1. The molecule has 1 aliphatic rings. The molecule has 1 aromatic rings. The standard InChI is InChI=1S/C14H25N5O2/c1-10(2)8-19(9-11-6-5-7-15-11)12-13(20)17(3)14(21)18(4)16-12/h10-11,15H,5-9H2,1-4H3. The van der Waals surface area contributed by atoms with E-state index in [1.807, 2.05) is 4.90 Å². The van der Waals surface area contributed by atoms with Crippen molar-refractivity contribution in [1.82, 2.24) is 19.7 Å². The van der Waals surface area contributed by atoms with E-state index in [4.69, 9.17) is 0 Å². The van der Waals surface area contributed by atoms with E-state index >= 15 is 0 Å². The average Bonchev–Trinajstić information content (AvgIpc) is 2.92. The molecule has 1 saturated heterocycles. The third-order valence-corrected chi connectivity index (χ3v) is 3.79. The first kappa shape index (κ1) is 15.8. The van der Waals surface area contributed by atoms with Gasteiger partial charge in [0.1, 0.15) is 0 Å². The molecule has 0 spiro atoms. The Morgan fingerprint density at radius 2 is 2.10 bits per heavy atom. The summed E-state index contributed by atoms with van der Waals surface area (Å²) in [6.45, 7) is 6.75. The summed E-state index contributed by atoms with van der Waals surface area (Å²) in [5.41, 5.74) is -0.719. The number of hydrogen-bond acceptors (Lipinski definition) is 5. The van der Waals surface area contributed by atoms with E-state index in [2.05, 4.69) is 24.3 Å². The first-order valence-electron chi connectivity index (χ1n) is 7.52. The molecule has 21 heavy (non-hydrogen) atoms. The summed E-state index contributed by atoms with van der Waals surface area (Å²) < 4.78 is 2.35. The van der Waals surface area contributed by atoms with Crippen LogP contribution in [0, 0.1) is 5.92 Å². The summed E-state index contributed by atoms with van der Waals surface area (Å²) >= 11 is 0.